The van der Waals surface area contributed by atoms with Crippen molar-refractivity contribution in [3.8, 4) is 0 Å². The number of para-hydroxylation sites is 2. The van der Waals surface area contributed by atoms with Gasteiger partial charge in [0.05, 0.1) is 0 Å². The molecule has 0 fully saturated rings. The molecule has 0 radical (unpaired) electrons. The molecule has 1 aliphatic heterocycles. The van der Waals surface area contributed by atoms with E-state index >= 15 is 0 Å². The second-order valence-electron chi connectivity index (χ2n) is 1.95. The van der Waals surface area contributed by atoms with Crippen molar-refractivity contribution in [1.29, 1.82) is 0 Å². The van der Waals surface area contributed by atoms with Gasteiger partial charge >= 0.3 is 69.5 Å². The Labute approximate surface area is 69.7 Å². The third-order valence-electron chi connectivity index (χ3n) is 1.29. The Kier molecular flexibility index (Phi) is 1.38. The van der Waals surface area contributed by atoms with Crippen LogP contribution in [-0.4, -0.2) is 3.97 Å². The summed E-state index contributed by atoms with van der Waals surface area (Å²) in [5.74, 6) is 0. The number of benzene rings is 1. The second-order valence-corrected chi connectivity index (χ2v) is 2.92. The molecule has 0 amide bonds. The molecule has 0 spiro atoms. The summed E-state index contributed by atoms with van der Waals surface area (Å²) in [6.45, 7) is 0. The maximum atomic E-state index is 4.18. The quantitative estimate of drug-likeness (QED) is 0.581. The first-order valence-electron chi connectivity index (χ1n) is 2.87. The van der Waals surface area contributed by atoms with Crippen molar-refractivity contribution in [3.63, 3.8) is 0 Å². The van der Waals surface area contributed by atoms with Gasteiger partial charge in [0.15, 0.2) is 0 Å². The predicted molar refractivity (Wildman–Crippen MR) is 33.8 cm³/mol. The zero-order valence-corrected chi connectivity index (χ0v) is 7.17. The summed E-state index contributed by atoms with van der Waals surface area (Å²) >= 11 is 2.29. The Morgan fingerprint density at radius 3 is 2.00 bits per heavy atom. The van der Waals surface area contributed by atoms with Crippen LogP contribution in [-0.2, 0) is 20.6 Å². The van der Waals surface area contributed by atoms with E-state index in [0.717, 1.165) is 14.7 Å². The topological polar surface area (TPSA) is 24.7 Å². The summed E-state index contributed by atoms with van der Waals surface area (Å²) in [5.41, 5.74) is 0. The average molecular weight is 313 g/mol. The van der Waals surface area contributed by atoms with E-state index in [9.17, 15) is 0 Å². The molecule has 1 aliphatic rings. The van der Waals surface area contributed by atoms with Crippen LogP contribution >= 0.6 is 0 Å². The van der Waals surface area contributed by atoms with E-state index in [4.69, 9.17) is 0 Å². The molecule has 0 saturated heterocycles. The molecular weight excluding hydrogens is 309 g/mol. The first-order valence-corrected chi connectivity index (χ1v) is 3.96. The number of rotatable bonds is 0. The number of hydrogen-bond acceptors (Lipinski definition) is 2. The molecule has 0 aromatic heterocycles. The number of fused-ring (bicyclic) bond motifs is 1. The molecule has 0 unspecified atom stereocenters. The van der Waals surface area contributed by atoms with Gasteiger partial charge in [0.25, 0.3) is 0 Å². The van der Waals surface area contributed by atoms with Crippen molar-refractivity contribution in [2.24, 2.45) is 9.98 Å². The summed E-state index contributed by atoms with van der Waals surface area (Å²) in [7, 11) is 0. The van der Waals surface area contributed by atoms with E-state index in [1.54, 1.807) is 0 Å². The molecule has 1 aromatic rings. The molecule has 10 heavy (non-hydrogen) atoms. The minimum absolute atomic E-state index is 0.793. The molecule has 0 N–H and O–H groups in total. The third kappa shape index (κ3) is 0.904. The standard InChI is InChI=1S/C7H4N2.Au/c1-2-4-7-6(3-1)8-5-9-7;/h1-4H;/q;-1. The van der Waals surface area contributed by atoms with Crippen molar-refractivity contribution in [3.05, 3.63) is 35.0 Å². The molecule has 0 atom stereocenters. The summed E-state index contributed by atoms with van der Waals surface area (Å²) < 4.78 is 0.793. The van der Waals surface area contributed by atoms with Gasteiger partial charge in [-0.2, -0.15) is 0 Å². The molecule has 2 nitrogen and oxygen atoms in total. The molecule has 3 heteroatoms. The molecule has 0 saturated carbocycles. The normalized spacial score (nSPS) is 14.0. The van der Waals surface area contributed by atoms with Gasteiger partial charge in [0, 0.05) is 0 Å². The summed E-state index contributed by atoms with van der Waals surface area (Å²) in [4.78, 5) is 8.35. The van der Waals surface area contributed by atoms with Gasteiger partial charge in [-0.25, -0.2) is 0 Å². The minimum atomic E-state index is 0.793. The molecule has 1 aromatic carbocycles. The van der Waals surface area contributed by atoms with E-state index in [-0.39, 0.29) is 0 Å². The first kappa shape index (κ1) is 6.16. The first-order chi connectivity index (χ1) is 4.86. The predicted octanol–water partition coefficient (Wildman–Crippen LogP) is -0.426. The zero-order valence-electron chi connectivity index (χ0n) is 5.01. The van der Waals surface area contributed by atoms with E-state index < -0.39 is 0 Å². The van der Waals surface area contributed by atoms with Crippen LogP contribution in [0.5, 0.6) is 0 Å². The molecule has 0 bridgehead atoms. The van der Waals surface area contributed by atoms with Gasteiger partial charge in [0.2, 0.25) is 0 Å². The van der Waals surface area contributed by atoms with Crippen LogP contribution in [0, 0.1) is 0 Å². The third-order valence-corrected chi connectivity index (χ3v) is 1.77. The Morgan fingerprint density at radius 2 is 1.50 bits per heavy atom. The summed E-state index contributed by atoms with van der Waals surface area (Å²) in [5, 5.41) is 1.94. The van der Waals surface area contributed by atoms with E-state index in [2.05, 4.69) is 30.6 Å². The SMILES string of the molecule is [Au-]=[C]1N=c2ccccc2=N1. The molecule has 2 rings (SSSR count). The summed E-state index contributed by atoms with van der Waals surface area (Å²) in [6, 6.07) is 7.84. The Balaban J connectivity index is 2.96. The van der Waals surface area contributed by atoms with Crippen LogP contribution in [0.1, 0.15) is 0 Å². The van der Waals surface area contributed by atoms with Crippen molar-refractivity contribution in [2.45, 2.75) is 0 Å². The van der Waals surface area contributed by atoms with Gasteiger partial charge < -0.3 is 0 Å². The van der Waals surface area contributed by atoms with E-state index in [1.807, 2.05) is 24.3 Å². The van der Waals surface area contributed by atoms with Crippen LogP contribution < -0.4 is 10.7 Å². The van der Waals surface area contributed by atoms with Crippen LogP contribution in [0.2, 0.25) is 0 Å². The van der Waals surface area contributed by atoms with Crippen LogP contribution in [0.4, 0.5) is 0 Å². The van der Waals surface area contributed by atoms with Crippen molar-refractivity contribution < 1.29 is 20.6 Å². The maximum absolute atomic E-state index is 4.18. The monoisotopic (exact) mass is 313 g/mol. The Morgan fingerprint density at radius 1 is 1.00 bits per heavy atom. The zero-order chi connectivity index (χ0) is 6.97. The average Bonchev–Trinajstić information content (AvgIpc) is 2.27. The van der Waals surface area contributed by atoms with Gasteiger partial charge in [-0.1, -0.05) is 0 Å². The van der Waals surface area contributed by atoms with Crippen molar-refractivity contribution in [2.75, 3.05) is 0 Å². The second kappa shape index (κ2) is 2.24. The van der Waals surface area contributed by atoms with E-state index in [1.165, 1.54) is 0 Å². The molecule has 54 valence electrons. The number of nitrogens with zero attached hydrogens (tertiary/aromatic N) is 2. The van der Waals surface area contributed by atoms with Gasteiger partial charge in [-0.05, 0) is 0 Å². The molecular formula is C7H4AuN2-. The summed E-state index contributed by atoms with van der Waals surface area (Å²) in [6.07, 6.45) is 0. The van der Waals surface area contributed by atoms with Crippen LogP contribution in [0.3, 0.4) is 0 Å². The Bertz CT molecular complexity index is 357. The van der Waals surface area contributed by atoms with Crippen LogP contribution in [0.25, 0.3) is 0 Å². The molecule has 1 heterocycles. The van der Waals surface area contributed by atoms with Gasteiger partial charge in [-0.3, -0.25) is 0 Å². The fourth-order valence-corrected chi connectivity index (χ4v) is 1.38. The van der Waals surface area contributed by atoms with Crippen LogP contribution in [0.15, 0.2) is 34.3 Å². The van der Waals surface area contributed by atoms with Crippen molar-refractivity contribution in [1.82, 2.24) is 0 Å². The number of hydrogen-bond donors (Lipinski definition) is 0. The fraction of sp³-hybridized carbons (Fsp3) is 0. The van der Waals surface area contributed by atoms with E-state index in [0.29, 0.717) is 0 Å². The Hall–Kier alpha value is -0.570. The van der Waals surface area contributed by atoms with Crippen molar-refractivity contribution >= 4 is 3.97 Å². The molecule has 0 aliphatic carbocycles. The van der Waals surface area contributed by atoms with Gasteiger partial charge in [0.1, 0.15) is 0 Å². The fourth-order valence-electron chi connectivity index (χ4n) is 0.859. The van der Waals surface area contributed by atoms with Gasteiger partial charge in [-0.15, -0.1) is 0 Å².